The zero-order valence-electron chi connectivity index (χ0n) is 11.8. The van der Waals surface area contributed by atoms with E-state index in [-0.39, 0.29) is 6.42 Å². The molecule has 1 aliphatic carbocycles. The molecule has 1 rings (SSSR count). The zero-order valence-corrected chi connectivity index (χ0v) is 11.8. The fourth-order valence-electron chi connectivity index (χ4n) is 2.98. The maximum Gasteiger partial charge on any atom is 0.312 e. The van der Waals surface area contributed by atoms with Gasteiger partial charge >= 0.3 is 5.97 Å². The lowest BCUT2D eigenvalue weighted by Crippen LogP contribution is -2.50. The van der Waals surface area contributed by atoms with E-state index in [2.05, 4.69) is 6.92 Å². The zero-order chi connectivity index (χ0) is 14.5. The Balaban J connectivity index is 2.76. The highest BCUT2D eigenvalue weighted by Gasteiger charge is 2.54. The first-order valence-electron chi connectivity index (χ1n) is 7.11. The number of hydrogen-bond acceptors (Lipinski definition) is 2. The lowest BCUT2D eigenvalue weighted by atomic mass is 9.73. The SMILES string of the molecule is CCCCCC1(OCC)CCC(C(=O)O)C(F)(F)C1. The lowest BCUT2D eigenvalue weighted by molar-refractivity contribution is -0.194. The molecule has 0 heterocycles. The minimum atomic E-state index is -3.18. The molecule has 0 saturated heterocycles. The third-order valence-corrected chi connectivity index (χ3v) is 3.94. The predicted molar refractivity (Wildman–Crippen MR) is 68.4 cm³/mol. The van der Waals surface area contributed by atoms with E-state index in [0.717, 1.165) is 19.3 Å². The fraction of sp³-hybridized carbons (Fsp3) is 0.929. The van der Waals surface area contributed by atoms with Gasteiger partial charge in [-0.2, -0.15) is 0 Å². The molecule has 2 atom stereocenters. The van der Waals surface area contributed by atoms with Gasteiger partial charge in [-0.25, -0.2) is 8.78 Å². The molecular weight excluding hydrogens is 254 g/mol. The monoisotopic (exact) mass is 278 g/mol. The van der Waals surface area contributed by atoms with Crippen LogP contribution in [0.3, 0.4) is 0 Å². The second kappa shape index (κ2) is 6.64. The topological polar surface area (TPSA) is 46.5 Å². The third-order valence-electron chi connectivity index (χ3n) is 3.94. The van der Waals surface area contributed by atoms with Crippen LogP contribution in [0.5, 0.6) is 0 Å². The molecule has 0 radical (unpaired) electrons. The van der Waals surface area contributed by atoms with Crippen LogP contribution < -0.4 is 0 Å². The lowest BCUT2D eigenvalue weighted by Gasteiger charge is -2.43. The maximum absolute atomic E-state index is 14.0. The van der Waals surface area contributed by atoms with Crippen molar-refractivity contribution in [2.45, 2.75) is 70.3 Å². The molecule has 0 aliphatic heterocycles. The van der Waals surface area contributed by atoms with Gasteiger partial charge in [0.2, 0.25) is 0 Å². The Morgan fingerprint density at radius 1 is 1.37 bits per heavy atom. The van der Waals surface area contributed by atoms with Crippen molar-refractivity contribution < 1.29 is 23.4 Å². The molecule has 0 spiro atoms. The van der Waals surface area contributed by atoms with Gasteiger partial charge < -0.3 is 9.84 Å². The van der Waals surface area contributed by atoms with E-state index in [4.69, 9.17) is 9.84 Å². The second-order valence-electron chi connectivity index (χ2n) is 5.44. The molecule has 0 bridgehead atoms. The van der Waals surface area contributed by atoms with Crippen molar-refractivity contribution in [3.05, 3.63) is 0 Å². The number of alkyl halides is 2. The number of aliphatic carboxylic acids is 1. The van der Waals surface area contributed by atoms with Gasteiger partial charge in [-0.1, -0.05) is 26.2 Å². The van der Waals surface area contributed by atoms with Crippen LogP contribution in [-0.4, -0.2) is 29.2 Å². The minimum absolute atomic E-state index is 0.00550. The minimum Gasteiger partial charge on any atom is -0.481 e. The van der Waals surface area contributed by atoms with Gasteiger partial charge in [0.1, 0.15) is 5.92 Å². The highest BCUT2D eigenvalue weighted by molar-refractivity contribution is 5.71. The standard InChI is InChI=1S/C14H24F2O3/c1-3-5-6-8-13(19-4-2)9-7-11(12(17)18)14(15,16)10-13/h11H,3-10H2,1-2H3,(H,17,18). The number of carboxylic acids is 1. The first-order valence-corrected chi connectivity index (χ1v) is 7.11. The Labute approximate surface area is 113 Å². The molecule has 0 aromatic heterocycles. The van der Waals surface area contributed by atoms with Crippen molar-refractivity contribution in [1.82, 2.24) is 0 Å². The molecule has 0 aromatic rings. The summed E-state index contributed by atoms with van der Waals surface area (Å²) in [5, 5.41) is 8.87. The molecule has 1 saturated carbocycles. The Bertz CT molecular complexity index is 307. The number of halogens is 2. The van der Waals surface area contributed by atoms with E-state index in [0.29, 0.717) is 19.4 Å². The summed E-state index contributed by atoms with van der Waals surface area (Å²) in [6, 6.07) is 0. The van der Waals surface area contributed by atoms with Gasteiger partial charge in [-0.05, 0) is 26.2 Å². The van der Waals surface area contributed by atoms with Crippen LogP contribution in [0.4, 0.5) is 8.78 Å². The first-order chi connectivity index (χ1) is 8.87. The molecular formula is C14H24F2O3. The Morgan fingerprint density at radius 3 is 2.53 bits per heavy atom. The van der Waals surface area contributed by atoms with Gasteiger partial charge in [0, 0.05) is 13.0 Å². The van der Waals surface area contributed by atoms with Gasteiger partial charge in [0.15, 0.2) is 0 Å². The summed E-state index contributed by atoms with van der Waals surface area (Å²) in [6.45, 7) is 4.24. The molecule has 0 aromatic carbocycles. The van der Waals surface area contributed by atoms with Crippen LogP contribution in [-0.2, 0) is 9.53 Å². The second-order valence-corrected chi connectivity index (χ2v) is 5.44. The normalized spacial score (nSPS) is 30.2. The molecule has 5 heteroatoms. The van der Waals surface area contributed by atoms with Crippen LogP contribution in [0.1, 0.15) is 58.8 Å². The Morgan fingerprint density at radius 2 is 2.05 bits per heavy atom. The summed E-state index contributed by atoms with van der Waals surface area (Å²) < 4.78 is 33.6. The highest BCUT2D eigenvalue weighted by Crippen LogP contribution is 2.47. The number of carbonyl (C=O) groups is 1. The summed E-state index contributed by atoms with van der Waals surface area (Å²) >= 11 is 0. The smallest absolute Gasteiger partial charge is 0.312 e. The van der Waals surface area contributed by atoms with Crippen molar-refractivity contribution in [1.29, 1.82) is 0 Å². The number of ether oxygens (including phenoxy) is 1. The third kappa shape index (κ3) is 4.13. The van der Waals surface area contributed by atoms with Crippen molar-refractivity contribution in [3.63, 3.8) is 0 Å². The van der Waals surface area contributed by atoms with Crippen molar-refractivity contribution in [3.8, 4) is 0 Å². The number of rotatable bonds is 7. The number of unbranched alkanes of at least 4 members (excludes halogenated alkanes) is 2. The molecule has 19 heavy (non-hydrogen) atoms. The van der Waals surface area contributed by atoms with E-state index in [1.165, 1.54) is 0 Å². The van der Waals surface area contributed by atoms with Crippen LogP contribution >= 0.6 is 0 Å². The van der Waals surface area contributed by atoms with E-state index in [9.17, 15) is 13.6 Å². The number of hydrogen-bond donors (Lipinski definition) is 1. The van der Waals surface area contributed by atoms with Crippen molar-refractivity contribution in [2.24, 2.45) is 5.92 Å². The first kappa shape index (κ1) is 16.3. The average molecular weight is 278 g/mol. The van der Waals surface area contributed by atoms with Crippen LogP contribution in [0, 0.1) is 5.92 Å². The molecule has 2 unspecified atom stereocenters. The van der Waals surface area contributed by atoms with Crippen LogP contribution in [0.25, 0.3) is 0 Å². The largest absolute Gasteiger partial charge is 0.481 e. The van der Waals surface area contributed by atoms with Crippen molar-refractivity contribution in [2.75, 3.05) is 6.61 Å². The van der Waals surface area contributed by atoms with E-state index >= 15 is 0 Å². The molecule has 1 fully saturated rings. The Hall–Kier alpha value is -0.710. The molecule has 0 amide bonds. The van der Waals surface area contributed by atoms with E-state index in [1.54, 1.807) is 6.92 Å². The summed E-state index contributed by atoms with van der Waals surface area (Å²) in [5.41, 5.74) is -0.834. The predicted octanol–water partition coefficient (Wildman–Crippen LogP) is 3.86. The summed E-state index contributed by atoms with van der Waals surface area (Å²) in [7, 11) is 0. The average Bonchev–Trinajstić information content (AvgIpc) is 2.27. The van der Waals surface area contributed by atoms with E-state index in [1.807, 2.05) is 0 Å². The fourth-order valence-corrected chi connectivity index (χ4v) is 2.98. The van der Waals surface area contributed by atoms with Crippen LogP contribution in [0.2, 0.25) is 0 Å². The van der Waals surface area contributed by atoms with Gasteiger partial charge in [-0.3, -0.25) is 4.79 Å². The molecule has 3 nitrogen and oxygen atoms in total. The van der Waals surface area contributed by atoms with Gasteiger partial charge in [0.25, 0.3) is 5.92 Å². The summed E-state index contributed by atoms with van der Waals surface area (Å²) in [6.07, 6.45) is 3.40. The summed E-state index contributed by atoms with van der Waals surface area (Å²) in [4.78, 5) is 10.9. The number of carboxylic acid groups (broad SMARTS) is 1. The van der Waals surface area contributed by atoms with E-state index < -0.39 is 29.8 Å². The van der Waals surface area contributed by atoms with Crippen molar-refractivity contribution >= 4 is 5.97 Å². The molecule has 1 N–H and O–H groups in total. The quantitative estimate of drug-likeness (QED) is 0.719. The maximum atomic E-state index is 14.0. The van der Waals surface area contributed by atoms with Gasteiger partial charge in [0.05, 0.1) is 5.60 Å². The van der Waals surface area contributed by atoms with Gasteiger partial charge in [-0.15, -0.1) is 0 Å². The molecule has 112 valence electrons. The summed E-state index contributed by atoms with van der Waals surface area (Å²) in [5.74, 6) is -6.14. The molecule has 1 aliphatic rings. The van der Waals surface area contributed by atoms with Crippen LogP contribution in [0.15, 0.2) is 0 Å². The Kier molecular flexibility index (Phi) is 5.71. The highest BCUT2D eigenvalue weighted by atomic mass is 19.3.